The standard InChI is InChI=1S/C12H19N3S/c1-9-6-15(7-10(2)16-9)8-11-3-4-12(13)14-5-11/h3-5,9-10H,6-8H2,1-2H3,(H2,13,14). The van der Waals surface area contributed by atoms with Gasteiger partial charge in [-0.1, -0.05) is 19.9 Å². The molecule has 2 unspecified atom stereocenters. The van der Waals surface area contributed by atoms with Gasteiger partial charge >= 0.3 is 0 Å². The number of thioether (sulfide) groups is 1. The summed E-state index contributed by atoms with van der Waals surface area (Å²) in [7, 11) is 0. The van der Waals surface area contributed by atoms with Crippen LogP contribution in [0.4, 0.5) is 5.82 Å². The van der Waals surface area contributed by atoms with Gasteiger partial charge in [0.1, 0.15) is 5.82 Å². The molecule has 2 atom stereocenters. The van der Waals surface area contributed by atoms with Crippen molar-refractivity contribution < 1.29 is 0 Å². The number of hydrogen-bond donors (Lipinski definition) is 1. The zero-order valence-electron chi connectivity index (χ0n) is 9.89. The molecular formula is C12H19N3S. The molecule has 0 spiro atoms. The molecule has 0 amide bonds. The van der Waals surface area contributed by atoms with E-state index in [2.05, 4.69) is 41.6 Å². The zero-order valence-corrected chi connectivity index (χ0v) is 10.7. The van der Waals surface area contributed by atoms with E-state index >= 15 is 0 Å². The van der Waals surface area contributed by atoms with E-state index in [-0.39, 0.29) is 0 Å². The normalized spacial score (nSPS) is 26.9. The molecule has 0 aliphatic carbocycles. The minimum absolute atomic E-state index is 0.597. The molecule has 0 aromatic carbocycles. The molecule has 1 aliphatic rings. The lowest BCUT2D eigenvalue weighted by Crippen LogP contribution is -2.39. The van der Waals surface area contributed by atoms with Crippen LogP contribution in [0.3, 0.4) is 0 Å². The van der Waals surface area contributed by atoms with Crippen LogP contribution in [0.2, 0.25) is 0 Å². The Morgan fingerprint density at radius 1 is 1.38 bits per heavy atom. The molecule has 1 fully saturated rings. The number of nitrogens with two attached hydrogens (primary N) is 1. The van der Waals surface area contributed by atoms with Crippen LogP contribution in [0, 0.1) is 0 Å². The zero-order chi connectivity index (χ0) is 11.5. The van der Waals surface area contributed by atoms with Gasteiger partial charge in [-0.3, -0.25) is 4.90 Å². The fourth-order valence-electron chi connectivity index (χ4n) is 2.20. The van der Waals surface area contributed by atoms with Crippen LogP contribution >= 0.6 is 11.8 Å². The highest BCUT2D eigenvalue weighted by atomic mass is 32.2. The van der Waals surface area contributed by atoms with E-state index in [0.717, 1.165) is 17.0 Å². The highest BCUT2D eigenvalue weighted by Crippen LogP contribution is 2.25. The average molecular weight is 237 g/mol. The number of hydrogen-bond acceptors (Lipinski definition) is 4. The smallest absolute Gasteiger partial charge is 0.123 e. The summed E-state index contributed by atoms with van der Waals surface area (Å²) in [4.78, 5) is 6.63. The molecule has 88 valence electrons. The molecule has 2 rings (SSSR count). The van der Waals surface area contributed by atoms with Crippen molar-refractivity contribution in [1.82, 2.24) is 9.88 Å². The molecule has 1 saturated heterocycles. The molecule has 2 heterocycles. The Balaban J connectivity index is 1.96. The molecular weight excluding hydrogens is 218 g/mol. The minimum atomic E-state index is 0.597. The summed E-state index contributed by atoms with van der Waals surface area (Å²) >= 11 is 2.08. The number of rotatable bonds is 2. The summed E-state index contributed by atoms with van der Waals surface area (Å²) < 4.78 is 0. The lowest BCUT2D eigenvalue weighted by Gasteiger charge is -2.34. The fraction of sp³-hybridized carbons (Fsp3) is 0.583. The number of nitrogens with zero attached hydrogens (tertiary/aromatic N) is 2. The lowest BCUT2D eigenvalue weighted by molar-refractivity contribution is 0.262. The van der Waals surface area contributed by atoms with Gasteiger partial charge in [-0.15, -0.1) is 0 Å². The number of aromatic nitrogens is 1. The molecule has 1 aliphatic heterocycles. The lowest BCUT2D eigenvalue weighted by atomic mass is 10.2. The van der Waals surface area contributed by atoms with E-state index in [1.807, 2.05) is 12.3 Å². The van der Waals surface area contributed by atoms with Crippen LogP contribution < -0.4 is 5.73 Å². The van der Waals surface area contributed by atoms with Gasteiger partial charge in [0.25, 0.3) is 0 Å². The van der Waals surface area contributed by atoms with Gasteiger partial charge in [0.05, 0.1) is 0 Å². The monoisotopic (exact) mass is 237 g/mol. The van der Waals surface area contributed by atoms with Crippen molar-refractivity contribution in [3.05, 3.63) is 23.9 Å². The number of anilines is 1. The van der Waals surface area contributed by atoms with Crippen LogP contribution in [0.1, 0.15) is 19.4 Å². The van der Waals surface area contributed by atoms with Gasteiger partial charge in [-0.05, 0) is 11.6 Å². The van der Waals surface area contributed by atoms with Crippen molar-refractivity contribution in [2.75, 3.05) is 18.8 Å². The van der Waals surface area contributed by atoms with Crippen molar-refractivity contribution in [1.29, 1.82) is 0 Å². The highest BCUT2D eigenvalue weighted by molar-refractivity contribution is 8.00. The van der Waals surface area contributed by atoms with Crippen LogP contribution in [0.5, 0.6) is 0 Å². The molecule has 2 N–H and O–H groups in total. The maximum atomic E-state index is 5.58. The van der Waals surface area contributed by atoms with Crippen LogP contribution in [-0.2, 0) is 6.54 Å². The molecule has 16 heavy (non-hydrogen) atoms. The molecule has 1 aromatic rings. The van der Waals surface area contributed by atoms with Crippen molar-refractivity contribution in [2.24, 2.45) is 0 Å². The van der Waals surface area contributed by atoms with E-state index < -0.39 is 0 Å². The SMILES string of the molecule is CC1CN(Cc2ccc(N)nc2)CC(C)S1. The first-order valence-corrected chi connectivity index (χ1v) is 6.66. The Morgan fingerprint density at radius 3 is 2.62 bits per heavy atom. The Labute approximate surface area is 101 Å². The van der Waals surface area contributed by atoms with E-state index in [1.54, 1.807) is 0 Å². The third-order valence-electron chi connectivity index (χ3n) is 2.75. The Morgan fingerprint density at radius 2 is 2.06 bits per heavy atom. The summed E-state index contributed by atoms with van der Waals surface area (Å²) in [5, 5.41) is 1.45. The van der Waals surface area contributed by atoms with Crippen molar-refractivity contribution in [2.45, 2.75) is 30.9 Å². The van der Waals surface area contributed by atoms with Gasteiger partial charge in [-0.2, -0.15) is 11.8 Å². The van der Waals surface area contributed by atoms with Crippen LogP contribution in [-0.4, -0.2) is 33.5 Å². The average Bonchev–Trinajstić information content (AvgIpc) is 2.20. The van der Waals surface area contributed by atoms with Gasteiger partial charge in [0.2, 0.25) is 0 Å². The van der Waals surface area contributed by atoms with Crippen LogP contribution in [0.15, 0.2) is 18.3 Å². The summed E-state index contributed by atoms with van der Waals surface area (Å²) in [6, 6.07) is 3.94. The van der Waals surface area contributed by atoms with E-state index in [0.29, 0.717) is 5.82 Å². The fourth-order valence-corrected chi connectivity index (χ4v) is 3.59. The molecule has 0 bridgehead atoms. The van der Waals surface area contributed by atoms with Crippen molar-refractivity contribution in [3.63, 3.8) is 0 Å². The third kappa shape index (κ3) is 3.12. The van der Waals surface area contributed by atoms with E-state index in [4.69, 9.17) is 5.73 Å². The first-order chi connectivity index (χ1) is 7.63. The number of pyridine rings is 1. The van der Waals surface area contributed by atoms with Crippen molar-refractivity contribution >= 4 is 17.6 Å². The first kappa shape index (κ1) is 11.7. The molecule has 0 saturated carbocycles. The second-order valence-corrected chi connectivity index (χ2v) is 6.42. The molecule has 3 nitrogen and oxygen atoms in total. The quantitative estimate of drug-likeness (QED) is 0.854. The summed E-state index contributed by atoms with van der Waals surface area (Å²) in [6.07, 6.45) is 1.88. The van der Waals surface area contributed by atoms with E-state index in [1.165, 1.54) is 18.7 Å². The van der Waals surface area contributed by atoms with Gasteiger partial charge < -0.3 is 5.73 Å². The van der Waals surface area contributed by atoms with E-state index in [9.17, 15) is 0 Å². The Bertz CT molecular complexity index is 329. The molecule has 1 aromatic heterocycles. The summed E-state index contributed by atoms with van der Waals surface area (Å²) in [5.74, 6) is 0.597. The number of nitrogen functional groups attached to an aromatic ring is 1. The Kier molecular flexibility index (Phi) is 3.71. The summed E-state index contributed by atoms with van der Waals surface area (Å²) in [5.41, 5.74) is 6.83. The second kappa shape index (κ2) is 5.06. The summed E-state index contributed by atoms with van der Waals surface area (Å²) in [6.45, 7) is 7.92. The van der Waals surface area contributed by atoms with Gasteiger partial charge in [-0.25, -0.2) is 4.98 Å². The predicted molar refractivity (Wildman–Crippen MR) is 70.4 cm³/mol. The van der Waals surface area contributed by atoms with Gasteiger partial charge in [0.15, 0.2) is 0 Å². The van der Waals surface area contributed by atoms with Crippen molar-refractivity contribution in [3.8, 4) is 0 Å². The third-order valence-corrected chi connectivity index (χ3v) is 3.98. The largest absolute Gasteiger partial charge is 0.384 e. The molecule has 4 heteroatoms. The second-order valence-electron chi connectivity index (χ2n) is 4.54. The Hall–Kier alpha value is -0.740. The first-order valence-electron chi connectivity index (χ1n) is 5.71. The highest BCUT2D eigenvalue weighted by Gasteiger charge is 2.21. The predicted octanol–water partition coefficient (Wildman–Crippen LogP) is 1.99. The van der Waals surface area contributed by atoms with Gasteiger partial charge in [0, 0.05) is 36.3 Å². The molecule has 0 radical (unpaired) electrons. The minimum Gasteiger partial charge on any atom is -0.384 e. The maximum absolute atomic E-state index is 5.58. The van der Waals surface area contributed by atoms with Crippen LogP contribution in [0.25, 0.3) is 0 Å². The maximum Gasteiger partial charge on any atom is 0.123 e. The topological polar surface area (TPSA) is 42.1 Å².